The van der Waals surface area contributed by atoms with Crippen molar-refractivity contribution in [2.24, 2.45) is 0 Å². The van der Waals surface area contributed by atoms with Gasteiger partial charge >= 0.3 is 0 Å². The smallest absolute Gasteiger partial charge is 0.278 e. The van der Waals surface area contributed by atoms with Crippen molar-refractivity contribution in [2.45, 2.75) is 6.92 Å². The quantitative estimate of drug-likeness (QED) is 0.742. The molecule has 0 saturated heterocycles. The molecule has 6 heteroatoms. The number of hydrogen-bond donors (Lipinski definition) is 2. The number of para-hydroxylation sites is 1. The number of hydrogen-bond acceptors (Lipinski definition) is 4. The van der Waals surface area contributed by atoms with E-state index in [0.29, 0.717) is 10.8 Å². The summed E-state index contributed by atoms with van der Waals surface area (Å²) in [4.78, 5) is 16.3. The molecule has 0 fully saturated rings. The minimum atomic E-state index is -0.248. The van der Waals surface area contributed by atoms with Crippen molar-refractivity contribution in [3.63, 3.8) is 0 Å². The van der Waals surface area contributed by atoms with Gasteiger partial charge in [-0.15, -0.1) is 11.3 Å². The zero-order valence-corrected chi connectivity index (χ0v) is 10.4. The topological polar surface area (TPSA) is 70.7 Å². The zero-order chi connectivity index (χ0) is 12.5. The van der Waals surface area contributed by atoms with Gasteiger partial charge in [0.2, 0.25) is 0 Å². The van der Waals surface area contributed by atoms with E-state index < -0.39 is 0 Å². The lowest BCUT2D eigenvalue weighted by Gasteiger charge is -1.98. The van der Waals surface area contributed by atoms with Crippen LogP contribution < -0.4 is 5.32 Å². The maximum Gasteiger partial charge on any atom is 0.278 e. The average Bonchev–Trinajstić information content (AvgIpc) is 2.95. The highest BCUT2D eigenvalue weighted by atomic mass is 32.1. The predicted molar refractivity (Wildman–Crippen MR) is 70.9 cm³/mol. The van der Waals surface area contributed by atoms with Crippen molar-refractivity contribution in [2.75, 3.05) is 5.32 Å². The van der Waals surface area contributed by atoms with Crippen molar-refractivity contribution in [1.29, 1.82) is 0 Å². The molecule has 1 amide bonds. The fourth-order valence-corrected chi connectivity index (χ4v) is 2.39. The average molecular weight is 258 g/mol. The Morgan fingerprint density at radius 3 is 3.00 bits per heavy atom. The number of nitrogens with one attached hydrogen (secondary N) is 2. The maximum absolute atomic E-state index is 12.1. The van der Waals surface area contributed by atoms with E-state index in [2.05, 4.69) is 20.5 Å². The molecule has 90 valence electrons. The third-order valence-electron chi connectivity index (χ3n) is 2.52. The molecule has 2 heterocycles. The van der Waals surface area contributed by atoms with Gasteiger partial charge in [-0.3, -0.25) is 15.2 Å². The zero-order valence-electron chi connectivity index (χ0n) is 9.60. The molecule has 0 bridgehead atoms. The molecule has 0 atom stereocenters. The summed E-state index contributed by atoms with van der Waals surface area (Å²) in [6.07, 6.45) is 0. The molecule has 18 heavy (non-hydrogen) atoms. The Bertz CT molecular complexity index is 716. The second-order valence-electron chi connectivity index (χ2n) is 3.87. The van der Waals surface area contributed by atoms with Crippen LogP contribution in [-0.4, -0.2) is 21.1 Å². The number of aromatic nitrogens is 3. The Morgan fingerprint density at radius 2 is 2.22 bits per heavy atom. The van der Waals surface area contributed by atoms with Gasteiger partial charge in [0, 0.05) is 10.8 Å². The fourth-order valence-electron chi connectivity index (χ4n) is 1.70. The van der Waals surface area contributed by atoms with Crippen molar-refractivity contribution in [3.05, 3.63) is 41.0 Å². The standard InChI is InChI=1S/C12H10N4OS/c1-7-6-18-12(13-7)14-11(17)10-8-4-2-3-5-9(8)15-16-10/h2-6H,1H3,(H,15,16)(H,13,14,17). The molecule has 3 rings (SSSR count). The van der Waals surface area contributed by atoms with E-state index in [4.69, 9.17) is 0 Å². The summed E-state index contributed by atoms with van der Waals surface area (Å²) in [5.74, 6) is -0.248. The molecule has 0 unspecified atom stereocenters. The van der Waals surface area contributed by atoms with Crippen LogP contribution in [0.15, 0.2) is 29.6 Å². The first-order valence-electron chi connectivity index (χ1n) is 5.40. The first-order valence-corrected chi connectivity index (χ1v) is 6.28. The largest absolute Gasteiger partial charge is 0.296 e. The number of rotatable bonds is 2. The van der Waals surface area contributed by atoms with E-state index in [9.17, 15) is 4.79 Å². The SMILES string of the molecule is Cc1csc(NC(=O)c2n[nH]c3ccccc23)n1. The van der Waals surface area contributed by atoms with Crippen LogP contribution in [0.3, 0.4) is 0 Å². The van der Waals surface area contributed by atoms with Gasteiger partial charge in [-0.2, -0.15) is 5.10 Å². The first-order chi connectivity index (χ1) is 8.74. The monoisotopic (exact) mass is 258 g/mol. The Kier molecular flexibility index (Phi) is 2.56. The molecule has 0 aliphatic rings. The third-order valence-corrected chi connectivity index (χ3v) is 3.40. The third kappa shape index (κ3) is 1.86. The predicted octanol–water partition coefficient (Wildman–Crippen LogP) is 2.58. The normalized spacial score (nSPS) is 10.7. The molecule has 2 aromatic heterocycles. The van der Waals surface area contributed by atoms with Gasteiger partial charge < -0.3 is 0 Å². The number of carbonyl (C=O) groups is 1. The molecular formula is C12H10N4OS. The molecule has 3 aromatic rings. The summed E-state index contributed by atoms with van der Waals surface area (Å²) in [6.45, 7) is 1.89. The number of aromatic amines is 1. The lowest BCUT2D eigenvalue weighted by molar-refractivity contribution is 0.102. The van der Waals surface area contributed by atoms with Gasteiger partial charge in [0.15, 0.2) is 10.8 Å². The lowest BCUT2D eigenvalue weighted by atomic mass is 10.2. The summed E-state index contributed by atoms with van der Waals surface area (Å²) in [5, 5.41) is 12.9. The summed E-state index contributed by atoms with van der Waals surface area (Å²) in [7, 11) is 0. The number of carbonyl (C=O) groups excluding carboxylic acids is 1. The van der Waals surface area contributed by atoms with E-state index in [1.807, 2.05) is 36.6 Å². The number of anilines is 1. The van der Waals surface area contributed by atoms with Gasteiger partial charge in [0.1, 0.15) is 0 Å². The minimum absolute atomic E-state index is 0.248. The van der Waals surface area contributed by atoms with Crippen LogP contribution in [0.25, 0.3) is 10.9 Å². The number of thiazole rings is 1. The first kappa shape index (κ1) is 10.9. The molecular weight excluding hydrogens is 248 g/mol. The van der Waals surface area contributed by atoms with E-state index in [1.165, 1.54) is 11.3 Å². The highest BCUT2D eigenvalue weighted by molar-refractivity contribution is 7.13. The van der Waals surface area contributed by atoms with Crippen LogP contribution in [0.2, 0.25) is 0 Å². The van der Waals surface area contributed by atoms with Crippen LogP contribution >= 0.6 is 11.3 Å². The molecule has 0 aliphatic heterocycles. The van der Waals surface area contributed by atoms with Crippen molar-refractivity contribution in [1.82, 2.24) is 15.2 Å². The van der Waals surface area contributed by atoms with E-state index in [0.717, 1.165) is 16.6 Å². The number of nitrogens with zero attached hydrogens (tertiary/aromatic N) is 2. The summed E-state index contributed by atoms with van der Waals surface area (Å²) in [6, 6.07) is 7.52. The number of benzene rings is 1. The molecule has 0 spiro atoms. The van der Waals surface area contributed by atoms with Crippen molar-refractivity contribution >= 4 is 33.3 Å². The number of amides is 1. The lowest BCUT2D eigenvalue weighted by Crippen LogP contribution is -2.12. The van der Waals surface area contributed by atoms with Gasteiger partial charge in [0.05, 0.1) is 11.2 Å². The molecule has 1 aromatic carbocycles. The Labute approximate surface area is 107 Å². The second kappa shape index (κ2) is 4.23. The molecule has 0 saturated carbocycles. The maximum atomic E-state index is 12.1. The van der Waals surface area contributed by atoms with Gasteiger partial charge in [-0.05, 0) is 13.0 Å². The fraction of sp³-hybridized carbons (Fsp3) is 0.0833. The number of fused-ring (bicyclic) bond motifs is 1. The van der Waals surface area contributed by atoms with E-state index in [1.54, 1.807) is 0 Å². The Hall–Kier alpha value is -2.21. The highest BCUT2D eigenvalue weighted by Crippen LogP contribution is 2.19. The van der Waals surface area contributed by atoms with Crippen molar-refractivity contribution in [3.8, 4) is 0 Å². The summed E-state index contributed by atoms with van der Waals surface area (Å²) in [5.41, 5.74) is 2.12. The highest BCUT2D eigenvalue weighted by Gasteiger charge is 2.14. The van der Waals surface area contributed by atoms with Crippen LogP contribution in [0.1, 0.15) is 16.2 Å². The van der Waals surface area contributed by atoms with Crippen LogP contribution in [-0.2, 0) is 0 Å². The molecule has 0 radical (unpaired) electrons. The number of H-pyrrole nitrogens is 1. The molecule has 2 N–H and O–H groups in total. The van der Waals surface area contributed by atoms with Crippen LogP contribution in [0, 0.1) is 6.92 Å². The van der Waals surface area contributed by atoms with Gasteiger partial charge in [0.25, 0.3) is 5.91 Å². The second-order valence-corrected chi connectivity index (χ2v) is 4.72. The van der Waals surface area contributed by atoms with Crippen LogP contribution in [0.5, 0.6) is 0 Å². The molecule has 5 nitrogen and oxygen atoms in total. The Morgan fingerprint density at radius 1 is 1.39 bits per heavy atom. The van der Waals surface area contributed by atoms with E-state index >= 15 is 0 Å². The van der Waals surface area contributed by atoms with E-state index in [-0.39, 0.29) is 5.91 Å². The van der Waals surface area contributed by atoms with Gasteiger partial charge in [-0.25, -0.2) is 4.98 Å². The summed E-state index contributed by atoms with van der Waals surface area (Å²) >= 11 is 1.40. The minimum Gasteiger partial charge on any atom is -0.296 e. The Balaban J connectivity index is 1.92. The number of aryl methyl sites for hydroxylation is 1. The molecule has 0 aliphatic carbocycles. The van der Waals surface area contributed by atoms with Crippen molar-refractivity contribution < 1.29 is 4.79 Å². The summed E-state index contributed by atoms with van der Waals surface area (Å²) < 4.78 is 0. The van der Waals surface area contributed by atoms with Crippen LogP contribution in [0.4, 0.5) is 5.13 Å². The van der Waals surface area contributed by atoms with Gasteiger partial charge in [-0.1, -0.05) is 18.2 Å².